The van der Waals surface area contributed by atoms with Crippen molar-refractivity contribution in [1.82, 2.24) is 0 Å². The highest BCUT2D eigenvalue weighted by molar-refractivity contribution is 5.73. The van der Waals surface area contributed by atoms with Crippen LogP contribution in [0.1, 0.15) is 6.92 Å². The highest BCUT2D eigenvalue weighted by Gasteiger charge is 2.08. The predicted molar refractivity (Wildman–Crippen MR) is 29.6 cm³/mol. The van der Waals surface area contributed by atoms with Crippen molar-refractivity contribution in [2.45, 2.75) is 13.0 Å². The number of ether oxygens (including phenoxy) is 2. The van der Waals surface area contributed by atoms with E-state index in [1.54, 1.807) is 0 Å². The summed E-state index contributed by atoms with van der Waals surface area (Å²) in [6.07, 6.45) is -1.07. The Hall–Kier alpha value is -0.610. The summed E-state index contributed by atoms with van der Waals surface area (Å²) in [5.74, 6) is -0.670. The standard InChI is InChI=1S/C5H10O4/c1-4(6)5(7)9-3-8-2/h4,6H,3H2,1-2H3/t4-/m1/s1. The van der Waals surface area contributed by atoms with E-state index in [-0.39, 0.29) is 6.79 Å². The number of hydrogen-bond donors (Lipinski definition) is 1. The van der Waals surface area contributed by atoms with Crippen LogP contribution >= 0.6 is 0 Å². The monoisotopic (exact) mass is 134 g/mol. The molecule has 0 unspecified atom stereocenters. The Morgan fingerprint density at radius 1 is 1.78 bits per heavy atom. The summed E-state index contributed by atoms with van der Waals surface area (Å²) in [5, 5.41) is 8.52. The molecule has 0 saturated heterocycles. The number of esters is 1. The molecule has 1 atom stereocenters. The Balaban J connectivity index is 3.28. The molecule has 1 N–H and O–H groups in total. The smallest absolute Gasteiger partial charge is 0.336 e. The number of carbonyl (C=O) groups is 1. The first-order valence-corrected chi connectivity index (χ1v) is 2.52. The van der Waals surface area contributed by atoms with Crippen LogP contribution in [0.15, 0.2) is 0 Å². The average Bonchev–Trinajstić information content (AvgIpc) is 1.82. The van der Waals surface area contributed by atoms with Crippen molar-refractivity contribution >= 4 is 5.97 Å². The highest BCUT2D eigenvalue weighted by atomic mass is 16.7. The SMILES string of the molecule is COCOC(=O)[C@@H](C)O. The van der Waals surface area contributed by atoms with Crippen LogP contribution in [-0.4, -0.2) is 31.1 Å². The zero-order valence-electron chi connectivity index (χ0n) is 5.46. The van der Waals surface area contributed by atoms with Gasteiger partial charge in [0.15, 0.2) is 6.79 Å². The van der Waals surface area contributed by atoms with Gasteiger partial charge in [-0.05, 0) is 6.92 Å². The molecule has 0 bridgehead atoms. The number of aliphatic hydroxyl groups excluding tert-OH is 1. The van der Waals surface area contributed by atoms with E-state index in [1.165, 1.54) is 14.0 Å². The largest absolute Gasteiger partial charge is 0.437 e. The van der Waals surface area contributed by atoms with E-state index in [0.717, 1.165) is 0 Å². The lowest BCUT2D eigenvalue weighted by molar-refractivity contribution is -0.162. The lowest BCUT2D eigenvalue weighted by Gasteiger charge is -2.03. The highest BCUT2D eigenvalue weighted by Crippen LogP contribution is 1.85. The number of aliphatic hydroxyl groups is 1. The third-order valence-corrected chi connectivity index (χ3v) is 0.660. The van der Waals surface area contributed by atoms with Crippen molar-refractivity contribution < 1.29 is 19.4 Å². The molecule has 4 heteroatoms. The van der Waals surface area contributed by atoms with Gasteiger partial charge in [0.05, 0.1) is 0 Å². The van der Waals surface area contributed by atoms with Crippen LogP contribution in [0, 0.1) is 0 Å². The molecule has 0 aromatic rings. The van der Waals surface area contributed by atoms with E-state index in [0.29, 0.717) is 0 Å². The summed E-state index contributed by atoms with van der Waals surface area (Å²) in [7, 11) is 1.40. The maximum Gasteiger partial charge on any atom is 0.336 e. The molecule has 0 aliphatic rings. The second-order valence-corrected chi connectivity index (χ2v) is 1.55. The van der Waals surface area contributed by atoms with Gasteiger partial charge in [-0.2, -0.15) is 0 Å². The molecule has 0 fully saturated rings. The minimum absolute atomic E-state index is 0.107. The van der Waals surface area contributed by atoms with Crippen molar-refractivity contribution in [2.24, 2.45) is 0 Å². The second-order valence-electron chi connectivity index (χ2n) is 1.55. The van der Waals surface area contributed by atoms with E-state index in [4.69, 9.17) is 5.11 Å². The zero-order valence-corrected chi connectivity index (χ0v) is 5.46. The van der Waals surface area contributed by atoms with Crippen LogP contribution in [0.3, 0.4) is 0 Å². The van der Waals surface area contributed by atoms with Crippen molar-refractivity contribution in [2.75, 3.05) is 13.9 Å². The third kappa shape index (κ3) is 3.93. The van der Waals surface area contributed by atoms with Crippen LogP contribution in [0.25, 0.3) is 0 Å². The summed E-state index contributed by atoms with van der Waals surface area (Å²) in [6.45, 7) is 1.22. The van der Waals surface area contributed by atoms with Gasteiger partial charge in [-0.25, -0.2) is 4.79 Å². The number of methoxy groups -OCH3 is 1. The summed E-state index contributed by atoms with van der Waals surface area (Å²) in [4.78, 5) is 10.3. The summed E-state index contributed by atoms with van der Waals surface area (Å²) in [6, 6.07) is 0. The molecule has 0 aliphatic carbocycles. The molecule has 0 saturated carbocycles. The molecule has 0 spiro atoms. The second kappa shape index (κ2) is 4.29. The van der Waals surface area contributed by atoms with Gasteiger partial charge in [0.1, 0.15) is 6.10 Å². The Kier molecular flexibility index (Phi) is 4.00. The fourth-order valence-corrected chi connectivity index (χ4v) is 0.238. The van der Waals surface area contributed by atoms with Crippen LogP contribution in [-0.2, 0) is 14.3 Å². The normalized spacial score (nSPS) is 12.8. The molecule has 0 radical (unpaired) electrons. The van der Waals surface area contributed by atoms with Gasteiger partial charge < -0.3 is 14.6 Å². The molecule has 4 nitrogen and oxygen atoms in total. The van der Waals surface area contributed by atoms with Gasteiger partial charge in [0, 0.05) is 7.11 Å². The van der Waals surface area contributed by atoms with E-state index >= 15 is 0 Å². The molecule has 0 aliphatic heterocycles. The maximum absolute atomic E-state index is 10.3. The van der Waals surface area contributed by atoms with Gasteiger partial charge in [0.2, 0.25) is 0 Å². The zero-order chi connectivity index (χ0) is 7.28. The predicted octanol–water partition coefficient (Wildman–Crippen LogP) is -0.486. The lowest BCUT2D eigenvalue weighted by Crippen LogP contribution is -2.20. The van der Waals surface area contributed by atoms with E-state index in [1.807, 2.05) is 0 Å². The minimum atomic E-state index is -1.07. The van der Waals surface area contributed by atoms with Crippen LogP contribution in [0.4, 0.5) is 0 Å². The van der Waals surface area contributed by atoms with Gasteiger partial charge in [0.25, 0.3) is 0 Å². The van der Waals surface area contributed by atoms with Crippen molar-refractivity contribution in [3.8, 4) is 0 Å². The van der Waals surface area contributed by atoms with Gasteiger partial charge in [-0.3, -0.25) is 0 Å². The minimum Gasteiger partial charge on any atom is -0.437 e. The summed E-state index contributed by atoms with van der Waals surface area (Å²) >= 11 is 0. The van der Waals surface area contributed by atoms with E-state index in [2.05, 4.69) is 9.47 Å². The summed E-state index contributed by atoms with van der Waals surface area (Å²) < 4.78 is 8.75. The van der Waals surface area contributed by atoms with E-state index < -0.39 is 12.1 Å². The van der Waals surface area contributed by atoms with Gasteiger partial charge in [-0.1, -0.05) is 0 Å². The Labute approximate surface area is 53.4 Å². The molecule has 9 heavy (non-hydrogen) atoms. The third-order valence-electron chi connectivity index (χ3n) is 0.660. The van der Waals surface area contributed by atoms with Crippen molar-refractivity contribution in [3.05, 3.63) is 0 Å². The summed E-state index contributed by atoms with van der Waals surface area (Å²) in [5.41, 5.74) is 0. The maximum atomic E-state index is 10.3. The Morgan fingerprint density at radius 2 is 2.33 bits per heavy atom. The van der Waals surface area contributed by atoms with Crippen molar-refractivity contribution in [1.29, 1.82) is 0 Å². The first kappa shape index (κ1) is 8.39. The number of hydrogen-bond acceptors (Lipinski definition) is 4. The number of carbonyl (C=O) groups excluding carboxylic acids is 1. The Bertz CT molecular complexity index is 89.0. The molecule has 0 aromatic heterocycles. The van der Waals surface area contributed by atoms with Gasteiger partial charge >= 0.3 is 5.97 Å². The topological polar surface area (TPSA) is 55.8 Å². The molecule has 0 rings (SSSR count). The van der Waals surface area contributed by atoms with Crippen molar-refractivity contribution in [3.63, 3.8) is 0 Å². The molecular formula is C5H10O4. The molecule has 0 amide bonds. The Morgan fingerprint density at radius 3 is 2.67 bits per heavy atom. The first-order valence-electron chi connectivity index (χ1n) is 2.52. The van der Waals surface area contributed by atoms with E-state index in [9.17, 15) is 4.79 Å². The van der Waals surface area contributed by atoms with Crippen LogP contribution in [0.2, 0.25) is 0 Å². The fraction of sp³-hybridized carbons (Fsp3) is 0.800. The lowest BCUT2D eigenvalue weighted by atomic mass is 10.4. The molecule has 0 heterocycles. The average molecular weight is 134 g/mol. The van der Waals surface area contributed by atoms with Gasteiger partial charge in [-0.15, -0.1) is 0 Å². The fourth-order valence-electron chi connectivity index (χ4n) is 0.238. The molecule has 54 valence electrons. The first-order chi connectivity index (χ1) is 4.18. The molecular weight excluding hydrogens is 124 g/mol. The number of rotatable bonds is 3. The quantitative estimate of drug-likeness (QED) is 0.418. The van der Waals surface area contributed by atoms with Crippen LogP contribution in [0.5, 0.6) is 0 Å². The van der Waals surface area contributed by atoms with Crippen LogP contribution < -0.4 is 0 Å². The molecule has 0 aromatic carbocycles.